The lowest BCUT2D eigenvalue weighted by atomic mass is 9.78. The first-order chi connectivity index (χ1) is 18.1. The van der Waals surface area contributed by atoms with Crippen LogP contribution in [0.4, 0.5) is 10.2 Å². The summed E-state index contributed by atoms with van der Waals surface area (Å²) in [5.41, 5.74) is 2.76. The highest BCUT2D eigenvalue weighted by atomic mass is 32.1. The van der Waals surface area contributed by atoms with Crippen LogP contribution >= 0.6 is 11.5 Å². The smallest absolute Gasteiger partial charge is 0.223 e. The van der Waals surface area contributed by atoms with Gasteiger partial charge in [0.15, 0.2) is 0 Å². The van der Waals surface area contributed by atoms with E-state index in [1.807, 2.05) is 6.07 Å². The first-order valence-corrected chi connectivity index (χ1v) is 14.8. The van der Waals surface area contributed by atoms with Crippen LogP contribution in [0.1, 0.15) is 43.2 Å². The summed E-state index contributed by atoms with van der Waals surface area (Å²) in [6, 6.07) is 13.6. The van der Waals surface area contributed by atoms with Gasteiger partial charge in [-0.05, 0) is 84.8 Å². The van der Waals surface area contributed by atoms with E-state index in [9.17, 15) is 9.18 Å². The number of nitrogens with zero attached hydrogens (tertiary/aromatic N) is 3. The number of benzene rings is 2. The molecule has 5 nitrogen and oxygen atoms in total. The van der Waals surface area contributed by atoms with Gasteiger partial charge in [-0.3, -0.25) is 9.69 Å². The number of aryl methyl sites for hydroxylation is 1. The molecule has 1 aromatic heterocycles. The van der Waals surface area contributed by atoms with E-state index in [1.165, 1.54) is 54.4 Å². The largest absolute Gasteiger partial charge is 0.356 e. The van der Waals surface area contributed by atoms with E-state index in [4.69, 9.17) is 0 Å². The second-order valence-electron chi connectivity index (χ2n) is 11.2. The Labute approximate surface area is 223 Å². The molecule has 7 heteroatoms. The topological polar surface area (TPSA) is 48.5 Å². The molecule has 0 bridgehead atoms. The van der Waals surface area contributed by atoms with Gasteiger partial charge in [-0.25, -0.2) is 4.39 Å². The fraction of sp³-hybridized carbons (Fsp3) is 0.533. The first-order valence-electron chi connectivity index (χ1n) is 14.0. The number of fused-ring (bicyclic) bond motifs is 2. The molecule has 1 saturated carbocycles. The lowest BCUT2D eigenvalue weighted by Gasteiger charge is -2.40. The van der Waals surface area contributed by atoms with Crippen molar-refractivity contribution < 1.29 is 9.18 Å². The Morgan fingerprint density at radius 2 is 1.78 bits per heavy atom. The SMILES string of the molecule is O=C(NC[C@@H]1CCCC[C@H]1CN1CCN(c2nsc3cc(F)ccc23)CC1)C1CCc2ccccc2C1. The molecule has 6 rings (SSSR count). The zero-order chi connectivity index (χ0) is 25.2. The number of halogens is 1. The standard InChI is InChI=1S/C30H37FN4OS/c31-26-11-12-27-28(18-26)37-33-29(27)35-15-13-34(14-16-35)20-25-8-4-3-7-24(25)19-32-30(36)23-10-9-21-5-1-2-6-22(21)17-23/h1-2,5-6,11-12,18,23-25H,3-4,7-10,13-17,19-20H2,(H,32,36)/t23?,24-,25-/m0/s1. The predicted molar refractivity (Wildman–Crippen MR) is 149 cm³/mol. The van der Waals surface area contributed by atoms with Gasteiger partial charge in [0, 0.05) is 50.6 Å². The molecule has 1 amide bonds. The zero-order valence-electron chi connectivity index (χ0n) is 21.5. The zero-order valence-corrected chi connectivity index (χ0v) is 22.3. The molecule has 1 aliphatic heterocycles. The summed E-state index contributed by atoms with van der Waals surface area (Å²) in [4.78, 5) is 18.0. The average molecular weight is 521 g/mol. The molecule has 37 heavy (non-hydrogen) atoms. The number of carbonyl (C=O) groups is 1. The van der Waals surface area contributed by atoms with Gasteiger partial charge in [0.2, 0.25) is 5.91 Å². The van der Waals surface area contributed by atoms with E-state index >= 15 is 0 Å². The molecule has 3 atom stereocenters. The number of hydrogen-bond acceptors (Lipinski definition) is 5. The van der Waals surface area contributed by atoms with Crippen LogP contribution in [0.5, 0.6) is 0 Å². The van der Waals surface area contributed by atoms with Crippen molar-refractivity contribution >= 4 is 33.3 Å². The molecular weight excluding hydrogens is 483 g/mol. The number of piperazine rings is 1. The maximum atomic E-state index is 13.6. The maximum Gasteiger partial charge on any atom is 0.223 e. The van der Waals surface area contributed by atoms with Crippen LogP contribution in [0.3, 0.4) is 0 Å². The van der Waals surface area contributed by atoms with Crippen LogP contribution in [0.15, 0.2) is 42.5 Å². The molecule has 2 aromatic carbocycles. The van der Waals surface area contributed by atoms with Crippen molar-refractivity contribution in [2.45, 2.75) is 44.9 Å². The quantitative estimate of drug-likeness (QED) is 0.480. The highest BCUT2D eigenvalue weighted by Gasteiger charge is 2.31. The second kappa shape index (κ2) is 11.1. The van der Waals surface area contributed by atoms with Crippen LogP contribution in [-0.2, 0) is 17.6 Å². The Balaban J connectivity index is 1.00. The van der Waals surface area contributed by atoms with Crippen LogP contribution in [-0.4, -0.2) is 54.4 Å². The Morgan fingerprint density at radius 3 is 2.62 bits per heavy atom. The Hall–Kier alpha value is -2.51. The van der Waals surface area contributed by atoms with Crippen molar-refractivity contribution in [3.8, 4) is 0 Å². The first kappa shape index (κ1) is 24.8. The number of amides is 1. The number of carbonyl (C=O) groups excluding carboxylic acids is 1. The van der Waals surface area contributed by atoms with Crippen LogP contribution < -0.4 is 10.2 Å². The van der Waals surface area contributed by atoms with E-state index in [2.05, 4.69) is 43.8 Å². The molecule has 3 aromatic rings. The third-order valence-electron chi connectivity index (χ3n) is 8.90. The molecule has 3 aliphatic rings. The number of nitrogens with one attached hydrogen (secondary N) is 1. The van der Waals surface area contributed by atoms with E-state index in [0.717, 1.165) is 74.4 Å². The highest BCUT2D eigenvalue weighted by Crippen LogP contribution is 2.33. The van der Waals surface area contributed by atoms with Crippen molar-refractivity contribution in [2.75, 3.05) is 44.2 Å². The number of hydrogen-bond donors (Lipinski definition) is 1. The number of anilines is 1. The maximum absolute atomic E-state index is 13.6. The van der Waals surface area contributed by atoms with Crippen molar-refractivity contribution in [1.82, 2.24) is 14.6 Å². The van der Waals surface area contributed by atoms with E-state index in [1.54, 1.807) is 6.07 Å². The summed E-state index contributed by atoms with van der Waals surface area (Å²) in [5.74, 6) is 2.39. The van der Waals surface area contributed by atoms with E-state index < -0.39 is 0 Å². The van der Waals surface area contributed by atoms with Gasteiger partial charge in [-0.15, -0.1) is 0 Å². The average Bonchev–Trinajstić information content (AvgIpc) is 3.35. The lowest BCUT2D eigenvalue weighted by Crippen LogP contribution is -2.49. The third kappa shape index (κ3) is 5.53. The number of rotatable bonds is 6. The molecule has 1 saturated heterocycles. The minimum absolute atomic E-state index is 0.114. The fourth-order valence-electron chi connectivity index (χ4n) is 6.69. The summed E-state index contributed by atoms with van der Waals surface area (Å²) in [6.45, 7) is 5.90. The van der Waals surface area contributed by atoms with Gasteiger partial charge >= 0.3 is 0 Å². The molecular formula is C30H37FN4OS. The van der Waals surface area contributed by atoms with Gasteiger partial charge in [-0.2, -0.15) is 4.37 Å². The molecule has 0 spiro atoms. The van der Waals surface area contributed by atoms with Gasteiger partial charge in [-0.1, -0.05) is 37.1 Å². The van der Waals surface area contributed by atoms with Gasteiger partial charge < -0.3 is 10.2 Å². The minimum Gasteiger partial charge on any atom is -0.356 e. The molecule has 2 aliphatic carbocycles. The Kier molecular flexibility index (Phi) is 7.43. The molecule has 0 radical (unpaired) electrons. The Bertz CT molecular complexity index is 1240. The van der Waals surface area contributed by atoms with Crippen molar-refractivity contribution in [1.29, 1.82) is 0 Å². The molecule has 2 heterocycles. The minimum atomic E-state index is -0.199. The second-order valence-corrected chi connectivity index (χ2v) is 12.0. The van der Waals surface area contributed by atoms with Gasteiger partial charge in [0.05, 0.1) is 4.70 Å². The number of aromatic nitrogens is 1. The van der Waals surface area contributed by atoms with E-state index in [-0.39, 0.29) is 17.6 Å². The summed E-state index contributed by atoms with van der Waals surface area (Å²) >= 11 is 1.39. The fourth-order valence-corrected chi connectivity index (χ4v) is 7.51. The summed E-state index contributed by atoms with van der Waals surface area (Å²) in [5, 5.41) is 4.43. The predicted octanol–water partition coefficient (Wildman–Crippen LogP) is 5.29. The summed E-state index contributed by atoms with van der Waals surface area (Å²) in [7, 11) is 0. The van der Waals surface area contributed by atoms with Gasteiger partial charge in [0.25, 0.3) is 0 Å². The van der Waals surface area contributed by atoms with Crippen molar-refractivity contribution in [2.24, 2.45) is 17.8 Å². The van der Waals surface area contributed by atoms with Crippen LogP contribution in [0, 0.1) is 23.6 Å². The summed E-state index contributed by atoms with van der Waals surface area (Å²) < 4.78 is 19.1. The molecule has 1 unspecified atom stereocenters. The normalized spacial score (nSPS) is 24.7. The summed E-state index contributed by atoms with van der Waals surface area (Å²) in [6.07, 6.45) is 7.92. The van der Waals surface area contributed by atoms with Crippen molar-refractivity contribution in [3.63, 3.8) is 0 Å². The van der Waals surface area contributed by atoms with Crippen molar-refractivity contribution in [3.05, 3.63) is 59.4 Å². The Morgan fingerprint density at radius 1 is 1.00 bits per heavy atom. The van der Waals surface area contributed by atoms with Crippen LogP contribution in [0.2, 0.25) is 0 Å². The van der Waals surface area contributed by atoms with Gasteiger partial charge in [0.1, 0.15) is 11.6 Å². The highest BCUT2D eigenvalue weighted by molar-refractivity contribution is 7.13. The molecule has 1 N–H and O–H groups in total. The lowest BCUT2D eigenvalue weighted by molar-refractivity contribution is -0.125. The monoisotopic (exact) mass is 520 g/mol. The third-order valence-corrected chi connectivity index (χ3v) is 9.70. The van der Waals surface area contributed by atoms with E-state index in [0.29, 0.717) is 11.8 Å². The van der Waals surface area contributed by atoms with Crippen LogP contribution in [0.25, 0.3) is 10.1 Å². The molecule has 196 valence electrons. The molecule has 2 fully saturated rings.